The Morgan fingerprint density at radius 2 is 1.26 bits per heavy atom. The van der Waals surface area contributed by atoms with E-state index in [0.29, 0.717) is 11.5 Å². The molecule has 2 fully saturated rings. The van der Waals surface area contributed by atoms with Crippen molar-refractivity contribution in [2.24, 2.45) is 23.7 Å². The molecule has 178 valence electrons. The van der Waals surface area contributed by atoms with Crippen LogP contribution in [0.2, 0.25) is 0 Å². The van der Waals surface area contributed by atoms with Gasteiger partial charge in [0.15, 0.2) is 17.5 Å². The standard InChI is InChI=1S/C30H30F4/c1-2-20-5-11-24(12-6-20)25-13-7-21(8-14-25)3-4-22-9-15-26(27(31)17-22)16-10-23-18-28(32)30(34)29(33)19-23/h9,15,17-21,24-25H,2,5-8,11-14H2,1H3. The fourth-order valence-corrected chi connectivity index (χ4v) is 5.45. The molecule has 2 aromatic rings. The summed E-state index contributed by atoms with van der Waals surface area (Å²) in [4.78, 5) is 0. The molecule has 0 atom stereocenters. The van der Waals surface area contributed by atoms with Crippen molar-refractivity contribution >= 4 is 0 Å². The number of benzene rings is 2. The third-order valence-corrected chi connectivity index (χ3v) is 7.62. The SMILES string of the molecule is CCC1CCC(C2CCC(C#Cc3ccc(C#Cc4cc(F)c(F)c(F)c4)c(F)c3)CC2)CC1. The van der Waals surface area contributed by atoms with Crippen LogP contribution in [0, 0.1) is 70.6 Å². The van der Waals surface area contributed by atoms with E-state index in [-0.39, 0.29) is 11.1 Å². The van der Waals surface area contributed by atoms with E-state index in [1.165, 1.54) is 57.1 Å². The van der Waals surface area contributed by atoms with Crippen LogP contribution >= 0.6 is 0 Å². The molecule has 0 aromatic heterocycles. The van der Waals surface area contributed by atoms with E-state index < -0.39 is 23.3 Å². The largest absolute Gasteiger partial charge is 0.206 e. The third kappa shape index (κ3) is 6.04. The van der Waals surface area contributed by atoms with Crippen LogP contribution in [-0.4, -0.2) is 0 Å². The van der Waals surface area contributed by atoms with Gasteiger partial charge in [-0.3, -0.25) is 0 Å². The van der Waals surface area contributed by atoms with Crippen molar-refractivity contribution in [3.8, 4) is 23.7 Å². The average molecular weight is 467 g/mol. The minimum absolute atomic E-state index is 0.0614. The fraction of sp³-hybridized carbons (Fsp3) is 0.467. The molecule has 0 unspecified atom stereocenters. The normalized spacial score (nSPS) is 24.5. The Bertz CT molecular complexity index is 1100. The van der Waals surface area contributed by atoms with E-state index in [4.69, 9.17) is 0 Å². The van der Waals surface area contributed by atoms with Crippen LogP contribution in [0.1, 0.15) is 81.4 Å². The molecule has 2 saturated carbocycles. The average Bonchev–Trinajstić information content (AvgIpc) is 2.85. The highest BCUT2D eigenvalue weighted by Gasteiger charge is 2.30. The van der Waals surface area contributed by atoms with Crippen molar-refractivity contribution in [3.63, 3.8) is 0 Å². The predicted octanol–water partition coefficient (Wildman–Crippen LogP) is 8.02. The Hall–Kier alpha value is -2.72. The molecule has 0 heterocycles. The second kappa shape index (κ2) is 11.1. The van der Waals surface area contributed by atoms with Gasteiger partial charge in [-0.15, -0.1) is 0 Å². The monoisotopic (exact) mass is 466 g/mol. The second-order valence-electron chi connectivity index (χ2n) is 9.77. The number of halogens is 4. The van der Waals surface area contributed by atoms with E-state index >= 15 is 0 Å². The molecule has 4 heteroatoms. The summed E-state index contributed by atoms with van der Waals surface area (Å²) >= 11 is 0. The first-order valence-corrected chi connectivity index (χ1v) is 12.4. The van der Waals surface area contributed by atoms with Crippen LogP contribution in [0.3, 0.4) is 0 Å². The molecule has 0 spiro atoms. The third-order valence-electron chi connectivity index (χ3n) is 7.62. The van der Waals surface area contributed by atoms with Gasteiger partial charge in [0.05, 0.1) is 5.56 Å². The topological polar surface area (TPSA) is 0 Å². The quantitative estimate of drug-likeness (QED) is 0.239. The molecule has 34 heavy (non-hydrogen) atoms. The minimum Gasteiger partial charge on any atom is -0.206 e. The molecule has 2 aliphatic rings. The fourth-order valence-electron chi connectivity index (χ4n) is 5.45. The Balaban J connectivity index is 1.33. The first kappa shape index (κ1) is 24.4. The van der Waals surface area contributed by atoms with Crippen LogP contribution in [0.15, 0.2) is 30.3 Å². The summed E-state index contributed by atoms with van der Waals surface area (Å²) in [7, 11) is 0. The highest BCUT2D eigenvalue weighted by atomic mass is 19.2. The van der Waals surface area contributed by atoms with Gasteiger partial charge in [0, 0.05) is 17.0 Å². The summed E-state index contributed by atoms with van der Waals surface area (Å²) in [6, 6.07) is 6.11. The van der Waals surface area contributed by atoms with Crippen molar-refractivity contribution in [2.45, 2.75) is 64.7 Å². The van der Waals surface area contributed by atoms with Gasteiger partial charge in [-0.2, -0.15) is 0 Å². The van der Waals surface area contributed by atoms with Crippen LogP contribution in [0.4, 0.5) is 17.6 Å². The highest BCUT2D eigenvalue weighted by Crippen LogP contribution is 2.41. The molecular weight excluding hydrogens is 436 g/mol. The van der Waals surface area contributed by atoms with Gasteiger partial charge >= 0.3 is 0 Å². The first-order valence-electron chi connectivity index (χ1n) is 12.4. The van der Waals surface area contributed by atoms with Crippen LogP contribution in [-0.2, 0) is 0 Å². The molecule has 2 aromatic carbocycles. The van der Waals surface area contributed by atoms with Crippen molar-refractivity contribution < 1.29 is 17.6 Å². The van der Waals surface area contributed by atoms with Gasteiger partial charge in [0.25, 0.3) is 0 Å². The first-order chi connectivity index (χ1) is 16.4. The zero-order valence-electron chi connectivity index (χ0n) is 19.6. The molecule has 0 aliphatic heterocycles. The molecule has 0 radical (unpaired) electrons. The molecule has 0 amide bonds. The lowest BCUT2D eigenvalue weighted by atomic mass is 9.69. The van der Waals surface area contributed by atoms with Gasteiger partial charge < -0.3 is 0 Å². The Morgan fingerprint density at radius 1 is 0.676 bits per heavy atom. The van der Waals surface area contributed by atoms with Crippen molar-refractivity contribution in [1.29, 1.82) is 0 Å². The maximum absolute atomic E-state index is 14.5. The van der Waals surface area contributed by atoms with E-state index in [1.54, 1.807) is 6.07 Å². The van der Waals surface area contributed by atoms with Gasteiger partial charge in [-0.05, 0) is 86.6 Å². The Morgan fingerprint density at radius 3 is 1.85 bits per heavy atom. The molecular formula is C30H30F4. The molecule has 0 saturated heterocycles. The molecule has 0 nitrogen and oxygen atoms in total. The summed E-state index contributed by atoms with van der Waals surface area (Å²) < 4.78 is 54.1. The lowest BCUT2D eigenvalue weighted by Crippen LogP contribution is -2.25. The van der Waals surface area contributed by atoms with E-state index in [1.807, 2.05) is 0 Å². The number of rotatable bonds is 2. The minimum atomic E-state index is -1.55. The van der Waals surface area contributed by atoms with Crippen molar-refractivity contribution in [2.75, 3.05) is 0 Å². The van der Waals surface area contributed by atoms with Crippen molar-refractivity contribution in [1.82, 2.24) is 0 Å². The molecule has 2 aliphatic carbocycles. The molecule has 0 bridgehead atoms. The van der Waals surface area contributed by atoms with E-state index in [2.05, 4.69) is 30.6 Å². The maximum atomic E-state index is 14.5. The smallest absolute Gasteiger partial charge is 0.194 e. The molecule has 0 N–H and O–H groups in total. The summed E-state index contributed by atoms with van der Waals surface area (Å²) in [5, 5.41) is 0. The van der Waals surface area contributed by atoms with Crippen LogP contribution in [0.25, 0.3) is 0 Å². The van der Waals surface area contributed by atoms with E-state index in [0.717, 1.165) is 42.7 Å². The predicted molar refractivity (Wildman–Crippen MR) is 127 cm³/mol. The van der Waals surface area contributed by atoms with Crippen LogP contribution in [0.5, 0.6) is 0 Å². The summed E-state index contributed by atoms with van der Waals surface area (Å²) in [6.07, 6.45) is 11.6. The highest BCUT2D eigenvalue weighted by molar-refractivity contribution is 5.47. The lowest BCUT2D eigenvalue weighted by molar-refractivity contribution is 0.156. The number of hydrogen-bond donors (Lipinski definition) is 0. The summed E-state index contributed by atoms with van der Waals surface area (Å²) in [5.74, 6) is 9.74. The Kier molecular flexibility index (Phi) is 7.99. The zero-order chi connectivity index (χ0) is 24.1. The summed E-state index contributed by atoms with van der Waals surface area (Å²) in [5.41, 5.74) is 0.615. The maximum Gasteiger partial charge on any atom is 0.194 e. The number of hydrogen-bond acceptors (Lipinski definition) is 0. The van der Waals surface area contributed by atoms with Gasteiger partial charge in [-0.1, -0.05) is 49.9 Å². The van der Waals surface area contributed by atoms with Crippen LogP contribution < -0.4 is 0 Å². The van der Waals surface area contributed by atoms with Gasteiger partial charge in [0.1, 0.15) is 5.82 Å². The van der Waals surface area contributed by atoms with Gasteiger partial charge in [-0.25, -0.2) is 17.6 Å². The van der Waals surface area contributed by atoms with E-state index in [9.17, 15) is 17.6 Å². The van der Waals surface area contributed by atoms with Gasteiger partial charge in [0.2, 0.25) is 0 Å². The summed E-state index contributed by atoms with van der Waals surface area (Å²) in [6.45, 7) is 2.31. The lowest BCUT2D eigenvalue weighted by Gasteiger charge is -2.36. The zero-order valence-corrected chi connectivity index (χ0v) is 19.6. The molecule has 4 rings (SSSR count). The Labute approximate surface area is 200 Å². The second-order valence-corrected chi connectivity index (χ2v) is 9.77. The van der Waals surface area contributed by atoms with Crippen molar-refractivity contribution in [3.05, 3.63) is 70.3 Å².